The van der Waals surface area contributed by atoms with E-state index in [2.05, 4.69) is 18.8 Å². The second-order valence-corrected chi connectivity index (χ2v) is 10.4. The Morgan fingerprint density at radius 3 is 2.37 bits per heavy atom. The van der Waals surface area contributed by atoms with Crippen molar-refractivity contribution in [3.8, 4) is 0 Å². The second-order valence-electron chi connectivity index (χ2n) is 8.96. The number of ketones is 1. The number of aryl methyl sites for hydroxylation is 1. The van der Waals surface area contributed by atoms with Crippen molar-refractivity contribution < 1.29 is 14.7 Å². The van der Waals surface area contributed by atoms with Crippen LogP contribution in [-0.4, -0.2) is 21.8 Å². The van der Waals surface area contributed by atoms with Crippen LogP contribution in [0, 0.1) is 6.92 Å². The van der Waals surface area contributed by atoms with Crippen molar-refractivity contribution in [2.24, 2.45) is 0 Å². The van der Waals surface area contributed by atoms with Crippen LogP contribution < -0.4 is 4.90 Å². The van der Waals surface area contributed by atoms with Crippen molar-refractivity contribution in [2.75, 3.05) is 4.90 Å². The molecular formula is C28H23ClN2O3S. The number of carbonyl (C=O) groups excluding carboxylic acids is 2. The highest BCUT2D eigenvalue weighted by atomic mass is 35.5. The topological polar surface area (TPSA) is 70.5 Å². The molecule has 4 aromatic rings. The van der Waals surface area contributed by atoms with Crippen LogP contribution in [0.2, 0.25) is 5.02 Å². The molecule has 1 unspecified atom stereocenters. The van der Waals surface area contributed by atoms with Crippen LogP contribution in [-0.2, 0) is 9.59 Å². The first-order chi connectivity index (χ1) is 16.7. The van der Waals surface area contributed by atoms with E-state index in [0.29, 0.717) is 27.2 Å². The summed E-state index contributed by atoms with van der Waals surface area (Å²) >= 11 is 7.44. The fraction of sp³-hybridized carbons (Fsp3) is 0.179. The van der Waals surface area contributed by atoms with Crippen molar-refractivity contribution in [1.29, 1.82) is 0 Å². The third-order valence-electron chi connectivity index (χ3n) is 6.23. The minimum atomic E-state index is -0.812. The van der Waals surface area contributed by atoms with Gasteiger partial charge in [-0.15, -0.1) is 0 Å². The molecule has 1 aliphatic rings. The number of nitrogens with zero attached hydrogens (tertiary/aromatic N) is 2. The molecule has 5 nitrogen and oxygen atoms in total. The van der Waals surface area contributed by atoms with Crippen LogP contribution in [0.5, 0.6) is 0 Å². The van der Waals surface area contributed by atoms with E-state index in [-0.39, 0.29) is 11.3 Å². The number of aliphatic hydroxyl groups excluding tert-OH is 1. The number of rotatable bonds is 4. The normalized spacial score (nSPS) is 17.6. The maximum Gasteiger partial charge on any atom is 0.301 e. The Bertz CT molecular complexity index is 1490. The van der Waals surface area contributed by atoms with Gasteiger partial charge in [0.05, 0.1) is 21.8 Å². The lowest BCUT2D eigenvalue weighted by atomic mass is 9.93. The van der Waals surface area contributed by atoms with Crippen molar-refractivity contribution in [3.05, 3.63) is 99.6 Å². The summed E-state index contributed by atoms with van der Waals surface area (Å²) in [5, 5.41) is 12.2. The number of amides is 1. The molecule has 35 heavy (non-hydrogen) atoms. The van der Waals surface area contributed by atoms with Gasteiger partial charge in [0.1, 0.15) is 5.76 Å². The average molecular weight is 503 g/mol. The predicted molar refractivity (Wildman–Crippen MR) is 141 cm³/mol. The molecule has 1 fully saturated rings. The van der Waals surface area contributed by atoms with E-state index >= 15 is 0 Å². The van der Waals surface area contributed by atoms with Crippen LogP contribution in [0.4, 0.5) is 5.13 Å². The number of aliphatic hydroxyl groups is 1. The number of anilines is 1. The first kappa shape index (κ1) is 23.3. The molecule has 5 rings (SSSR count). The maximum absolute atomic E-state index is 13.4. The van der Waals surface area contributed by atoms with Gasteiger partial charge in [-0.1, -0.05) is 90.9 Å². The Hall–Kier alpha value is -3.48. The first-order valence-corrected chi connectivity index (χ1v) is 12.5. The Balaban J connectivity index is 1.71. The molecule has 1 N–H and O–H groups in total. The van der Waals surface area contributed by atoms with Gasteiger partial charge in [0.2, 0.25) is 0 Å². The summed E-state index contributed by atoms with van der Waals surface area (Å²) < 4.78 is 0.807. The summed E-state index contributed by atoms with van der Waals surface area (Å²) in [5.41, 5.74) is 4.10. The Kier molecular flexibility index (Phi) is 5.95. The lowest BCUT2D eigenvalue weighted by molar-refractivity contribution is -0.132. The van der Waals surface area contributed by atoms with Gasteiger partial charge in [-0.25, -0.2) is 4.98 Å². The number of Topliss-reactive ketones (excluding diaryl/α,β-unsaturated/α-hetero) is 1. The van der Waals surface area contributed by atoms with E-state index in [1.54, 1.807) is 30.3 Å². The number of halogens is 1. The highest BCUT2D eigenvalue weighted by molar-refractivity contribution is 7.22. The lowest BCUT2D eigenvalue weighted by Crippen LogP contribution is -2.29. The summed E-state index contributed by atoms with van der Waals surface area (Å²) in [4.78, 5) is 32.7. The zero-order valence-corrected chi connectivity index (χ0v) is 21.0. The van der Waals surface area contributed by atoms with Gasteiger partial charge in [0.25, 0.3) is 5.78 Å². The average Bonchev–Trinajstić information content (AvgIpc) is 3.37. The molecule has 1 atom stereocenters. The van der Waals surface area contributed by atoms with E-state index in [0.717, 1.165) is 21.4 Å². The fourth-order valence-corrected chi connectivity index (χ4v) is 5.53. The van der Waals surface area contributed by atoms with E-state index in [9.17, 15) is 14.7 Å². The molecule has 176 valence electrons. The monoisotopic (exact) mass is 502 g/mol. The molecule has 1 aliphatic heterocycles. The number of fused-ring (bicyclic) bond motifs is 1. The highest BCUT2D eigenvalue weighted by Gasteiger charge is 2.48. The number of thiazole rings is 1. The van der Waals surface area contributed by atoms with Gasteiger partial charge in [0, 0.05) is 10.6 Å². The summed E-state index contributed by atoms with van der Waals surface area (Å²) in [6, 6.07) is 19.5. The van der Waals surface area contributed by atoms with Crippen molar-refractivity contribution in [3.63, 3.8) is 0 Å². The van der Waals surface area contributed by atoms with E-state index in [1.165, 1.54) is 16.2 Å². The Labute approximate surface area is 212 Å². The zero-order chi connectivity index (χ0) is 24.9. The van der Waals surface area contributed by atoms with Gasteiger partial charge in [0.15, 0.2) is 5.13 Å². The molecule has 0 saturated carbocycles. The minimum Gasteiger partial charge on any atom is -0.507 e. The predicted octanol–water partition coefficient (Wildman–Crippen LogP) is 7.01. The molecule has 3 aromatic carbocycles. The number of hydrogen-bond donors (Lipinski definition) is 1. The van der Waals surface area contributed by atoms with Crippen LogP contribution in [0.1, 0.15) is 48.1 Å². The smallest absolute Gasteiger partial charge is 0.301 e. The molecule has 0 bridgehead atoms. The van der Waals surface area contributed by atoms with Gasteiger partial charge in [-0.3, -0.25) is 14.5 Å². The van der Waals surface area contributed by atoms with Crippen LogP contribution in [0.15, 0.2) is 72.3 Å². The summed E-state index contributed by atoms with van der Waals surface area (Å²) in [7, 11) is 0. The number of aromatic nitrogens is 1. The number of hydrogen-bond acceptors (Lipinski definition) is 5. The van der Waals surface area contributed by atoms with E-state index in [4.69, 9.17) is 11.6 Å². The van der Waals surface area contributed by atoms with Gasteiger partial charge in [-0.2, -0.15) is 0 Å². The second kappa shape index (κ2) is 8.95. The van der Waals surface area contributed by atoms with Crippen molar-refractivity contribution in [1.82, 2.24) is 4.98 Å². The minimum absolute atomic E-state index is 0.0495. The summed E-state index contributed by atoms with van der Waals surface area (Å²) in [5.74, 6) is -1.33. The van der Waals surface area contributed by atoms with Crippen LogP contribution in [0.3, 0.4) is 0 Å². The van der Waals surface area contributed by atoms with Crippen LogP contribution >= 0.6 is 22.9 Å². The molecule has 2 heterocycles. The Morgan fingerprint density at radius 2 is 1.71 bits per heavy atom. The van der Waals surface area contributed by atoms with E-state index in [1.807, 2.05) is 43.3 Å². The first-order valence-electron chi connectivity index (χ1n) is 11.3. The molecule has 0 spiro atoms. The molecule has 1 aromatic heterocycles. The highest BCUT2D eigenvalue weighted by Crippen LogP contribution is 2.44. The standard InChI is InChI=1S/C28H23ClN2O3S/c1-15(2)17-8-10-18(11-9-17)24-23(25(32)19-6-4-16(3)5-7-19)26(33)27(34)31(24)28-30-21-13-12-20(29)14-22(21)35-28/h4-15,24,32H,1-3H3/b25-23+. The van der Waals surface area contributed by atoms with E-state index < -0.39 is 17.7 Å². The molecule has 0 aliphatic carbocycles. The van der Waals surface area contributed by atoms with Crippen molar-refractivity contribution >= 4 is 55.7 Å². The summed E-state index contributed by atoms with van der Waals surface area (Å²) in [6.07, 6.45) is 0. The lowest BCUT2D eigenvalue weighted by Gasteiger charge is -2.23. The Morgan fingerprint density at radius 1 is 1.03 bits per heavy atom. The quantitative estimate of drug-likeness (QED) is 0.185. The third-order valence-corrected chi connectivity index (χ3v) is 7.49. The fourth-order valence-electron chi connectivity index (χ4n) is 4.26. The van der Waals surface area contributed by atoms with Crippen LogP contribution in [0.25, 0.3) is 16.0 Å². The molecule has 1 amide bonds. The van der Waals surface area contributed by atoms with Gasteiger partial charge in [-0.05, 0) is 42.2 Å². The summed E-state index contributed by atoms with van der Waals surface area (Å²) in [6.45, 7) is 6.15. The maximum atomic E-state index is 13.4. The molecule has 0 radical (unpaired) electrons. The zero-order valence-electron chi connectivity index (χ0n) is 19.4. The van der Waals surface area contributed by atoms with Crippen molar-refractivity contribution in [2.45, 2.75) is 32.7 Å². The number of benzene rings is 3. The molecule has 7 heteroatoms. The molecule has 1 saturated heterocycles. The largest absolute Gasteiger partial charge is 0.507 e. The number of carbonyl (C=O) groups is 2. The van der Waals surface area contributed by atoms with Gasteiger partial charge >= 0.3 is 5.91 Å². The SMILES string of the molecule is Cc1ccc(/C(O)=C2\C(=O)C(=O)N(c3nc4ccc(Cl)cc4s3)C2c2ccc(C(C)C)cc2)cc1. The molecular weight excluding hydrogens is 480 g/mol. The van der Waals surface area contributed by atoms with Gasteiger partial charge < -0.3 is 5.11 Å². The third kappa shape index (κ3) is 4.13.